The van der Waals surface area contributed by atoms with Crippen LogP contribution in [-0.2, 0) is 6.54 Å². The number of phenols is 1. The molecule has 22 heavy (non-hydrogen) atoms. The molecule has 3 rings (SSSR count). The first-order valence-electron chi connectivity index (χ1n) is 7.20. The zero-order chi connectivity index (χ0) is 15.5. The number of benzene rings is 2. The molecule has 0 fully saturated rings. The van der Waals surface area contributed by atoms with Crippen LogP contribution in [0, 0.1) is 0 Å². The zero-order valence-corrected chi connectivity index (χ0v) is 13.1. The quantitative estimate of drug-likeness (QED) is 0.677. The smallest absolute Gasteiger partial charge is 0.124 e. The fourth-order valence-corrected chi connectivity index (χ4v) is 3.23. The van der Waals surface area contributed by atoms with Gasteiger partial charge in [-0.2, -0.15) is 0 Å². The molecular weight excluding hydrogens is 296 g/mol. The normalized spacial score (nSPS) is 12.6. The molecule has 0 aliphatic heterocycles. The van der Waals surface area contributed by atoms with Crippen LogP contribution in [0.5, 0.6) is 5.75 Å². The Hall–Kier alpha value is -1.95. The highest BCUT2D eigenvalue weighted by Crippen LogP contribution is 2.32. The molecule has 0 saturated heterocycles. The van der Waals surface area contributed by atoms with E-state index in [0.29, 0.717) is 13.1 Å². The largest absolute Gasteiger partial charge is 0.508 e. The number of nitrogens with zero attached hydrogens (tertiary/aromatic N) is 1. The van der Waals surface area contributed by atoms with Crippen LogP contribution in [0.25, 0.3) is 20.8 Å². The Kier molecular flexibility index (Phi) is 4.38. The third-order valence-electron chi connectivity index (χ3n) is 3.38. The second-order valence-corrected chi connectivity index (χ2v) is 6.34. The summed E-state index contributed by atoms with van der Waals surface area (Å²) in [5.74, 6) is 0.253. The summed E-state index contributed by atoms with van der Waals surface area (Å²) in [5, 5.41) is 23.3. The fourth-order valence-electron chi connectivity index (χ4n) is 2.27. The van der Waals surface area contributed by atoms with Crippen LogP contribution < -0.4 is 5.32 Å². The van der Waals surface area contributed by atoms with Crippen LogP contribution in [0.4, 0.5) is 0 Å². The number of aromatic nitrogens is 1. The fraction of sp³-hybridized carbons (Fsp3) is 0.235. The van der Waals surface area contributed by atoms with Gasteiger partial charge in [0.15, 0.2) is 0 Å². The first-order valence-corrected chi connectivity index (χ1v) is 8.02. The van der Waals surface area contributed by atoms with Gasteiger partial charge in [0.2, 0.25) is 0 Å². The van der Waals surface area contributed by atoms with Crippen molar-refractivity contribution >= 4 is 21.6 Å². The van der Waals surface area contributed by atoms with Gasteiger partial charge in [0.1, 0.15) is 10.8 Å². The highest BCUT2D eigenvalue weighted by Gasteiger charge is 2.09. The van der Waals surface area contributed by atoms with E-state index in [0.717, 1.165) is 26.4 Å². The molecule has 114 valence electrons. The van der Waals surface area contributed by atoms with Gasteiger partial charge in [-0.15, -0.1) is 11.3 Å². The van der Waals surface area contributed by atoms with Crippen molar-refractivity contribution in [3.8, 4) is 16.3 Å². The van der Waals surface area contributed by atoms with Crippen molar-refractivity contribution in [2.75, 3.05) is 6.54 Å². The molecule has 0 radical (unpaired) electrons. The Morgan fingerprint density at radius 3 is 2.82 bits per heavy atom. The van der Waals surface area contributed by atoms with Gasteiger partial charge >= 0.3 is 0 Å². The summed E-state index contributed by atoms with van der Waals surface area (Å²) in [7, 11) is 0. The van der Waals surface area contributed by atoms with Gasteiger partial charge in [-0.3, -0.25) is 0 Å². The first kappa shape index (κ1) is 15.0. The minimum Gasteiger partial charge on any atom is -0.508 e. The molecular formula is C17H18N2O2S. The standard InChI is InChI=1S/C17H18N2O2S/c1-11(20)9-18-10-13-8-12(6-7-15(13)21)17-19-14-4-2-3-5-16(14)22-17/h2-8,11,18,20-21H,9-10H2,1H3. The van der Waals surface area contributed by atoms with Crippen LogP contribution in [-0.4, -0.2) is 27.8 Å². The van der Waals surface area contributed by atoms with Crippen molar-refractivity contribution in [1.82, 2.24) is 10.3 Å². The van der Waals surface area contributed by atoms with Crippen molar-refractivity contribution < 1.29 is 10.2 Å². The van der Waals surface area contributed by atoms with Gasteiger partial charge in [0.25, 0.3) is 0 Å². The molecule has 0 amide bonds. The van der Waals surface area contributed by atoms with Crippen LogP contribution in [0.2, 0.25) is 0 Å². The molecule has 2 aromatic carbocycles. The van der Waals surface area contributed by atoms with E-state index in [4.69, 9.17) is 0 Å². The SMILES string of the molecule is CC(O)CNCc1cc(-c2nc3ccccc3s2)ccc1O. The summed E-state index contributed by atoms with van der Waals surface area (Å²) < 4.78 is 1.15. The van der Waals surface area contributed by atoms with Gasteiger partial charge in [0.05, 0.1) is 16.3 Å². The predicted molar refractivity (Wildman–Crippen MR) is 90.1 cm³/mol. The number of aliphatic hydroxyl groups excluding tert-OH is 1. The highest BCUT2D eigenvalue weighted by molar-refractivity contribution is 7.21. The van der Waals surface area contributed by atoms with Crippen molar-refractivity contribution in [2.24, 2.45) is 0 Å². The van der Waals surface area contributed by atoms with E-state index in [-0.39, 0.29) is 5.75 Å². The molecule has 4 nitrogen and oxygen atoms in total. The van der Waals surface area contributed by atoms with E-state index in [1.807, 2.05) is 30.3 Å². The summed E-state index contributed by atoms with van der Waals surface area (Å²) in [6, 6.07) is 13.6. The van der Waals surface area contributed by atoms with Gasteiger partial charge < -0.3 is 15.5 Å². The Morgan fingerprint density at radius 2 is 2.05 bits per heavy atom. The molecule has 1 heterocycles. The van der Waals surface area contributed by atoms with E-state index >= 15 is 0 Å². The minimum absolute atomic E-state index is 0.253. The number of nitrogens with one attached hydrogen (secondary N) is 1. The number of aromatic hydroxyl groups is 1. The molecule has 3 aromatic rings. The molecule has 0 aliphatic carbocycles. The summed E-state index contributed by atoms with van der Waals surface area (Å²) in [6.45, 7) is 2.73. The maximum absolute atomic E-state index is 9.97. The monoisotopic (exact) mass is 314 g/mol. The molecule has 1 atom stereocenters. The molecule has 1 aromatic heterocycles. The number of para-hydroxylation sites is 1. The Balaban J connectivity index is 1.87. The Morgan fingerprint density at radius 1 is 1.23 bits per heavy atom. The van der Waals surface area contributed by atoms with Crippen molar-refractivity contribution in [3.05, 3.63) is 48.0 Å². The van der Waals surface area contributed by atoms with Crippen LogP contribution >= 0.6 is 11.3 Å². The Labute approximate surface area is 133 Å². The zero-order valence-electron chi connectivity index (χ0n) is 12.3. The van der Waals surface area contributed by atoms with E-state index in [9.17, 15) is 10.2 Å². The molecule has 0 bridgehead atoms. The second-order valence-electron chi connectivity index (χ2n) is 5.31. The number of phenolic OH excluding ortho intramolecular Hbond substituents is 1. The summed E-state index contributed by atoms with van der Waals surface area (Å²) in [4.78, 5) is 4.64. The number of thiazole rings is 1. The van der Waals surface area contributed by atoms with Crippen molar-refractivity contribution in [2.45, 2.75) is 19.6 Å². The molecule has 3 N–H and O–H groups in total. The van der Waals surface area contributed by atoms with Crippen LogP contribution in [0.15, 0.2) is 42.5 Å². The second kappa shape index (κ2) is 6.44. The number of hydrogen-bond donors (Lipinski definition) is 3. The van der Waals surface area contributed by atoms with E-state index < -0.39 is 6.10 Å². The van der Waals surface area contributed by atoms with Gasteiger partial charge in [-0.1, -0.05) is 12.1 Å². The highest BCUT2D eigenvalue weighted by atomic mass is 32.1. The van der Waals surface area contributed by atoms with Crippen molar-refractivity contribution in [3.63, 3.8) is 0 Å². The van der Waals surface area contributed by atoms with E-state index in [1.165, 1.54) is 0 Å². The Bertz CT molecular complexity index is 750. The van der Waals surface area contributed by atoms with Crippen molar-refractivity contribution in [1.29, 1.82) is 0 Å². The average Bonchev–Trinajstić information content (AvgIpc) is 2.92. The summed E-state index contributed by atoms with van der Waals surface area (Å²) >= 11 is 1.64. The first-order chi connectivity index (χ1) is 10.6. The van der Waals surface area contributed by atoms with Gasteiger partial charge in [0, 0.05) is 24.2 Å². The molecule has 5 heteroatoms. The molecule has 1 unspecified atom stereocenters. The van der Waals surface area contributed by atoms with E-state index in [2.05, 4.69) is 16.4 Å². The lowest BCUT2D eigenvalue weighted by atomic mass is 10.1. The van der Waals surface area contributed by atoms with Gasteiger partial charge in [-0.05, 0) is 37.3 Å². The minimum atomic E-state index is -0.408. The number of hydrogen-bond acceptors (Lipinski definition) is 5. The lowest BCUT2D eigenvalue weighted by molar-refractivity contribution is 0.191. The maximum atomic E-state index is 9.97. The third kappa shape index (κ3) is 3.27. The predicted octanol–water partition coefficient (Wildman–Crippen LogP) is 3.14. The topological polar surface area (TPSA) is 65.4 Å². The third-order valence-corrected chi connectivity index (χ3v) is 4.46. The van der Waals surface area contributed by atoms with Gasteiger partial charge in [-0.25, -0.2) is 4.98 Å². The number of fused-ring (bicyclic) bond motifs is 1. The summed E-state index contributed by atoms with van der Waals surface area (Å²) in [5.41, 5.74) is 2.79. The number of aliphatic hydroxyl groups is 1. The van der Waals surface area contributed by atoms with Crippen LogP contribution in [0.1, 0.15) is 12.5 Å². The van der Waals surface area contributed by atoms with Crippen LogP contribution in [0.3, 0.4) is 0 Å². The maximum Gasteiger partial charge on any atom is 0.124 e. The average molecular weight is 314 g/mol. The van der Waals surface area contributed by atoms with E-state index in [1.54, 1.807) is 24.3 Å². The molecule has 0 aliphatic rings. The molecule has 0 saturated carbocycles. The lowest BCUT2D eigenvalue weighted by Crippen LogP contribution is -2.23. The summed E-state index contributed by atoms with van der Waals surface area (Å²) in [6.07, 6.45) is -0.408. The molecule has 0 spiro atoms. The number of rotatable bonds is 5. The lowest BCUT2D eigenvalue weighted by Gasteiger charge is -2.09.